The van der Waals surface area contributed by atoms with Crippen LogP contribution in [0.4, 0.5) is 5.69 Å². The van der Waals surface area contributed by atoms with Gasteiger partial charge in [0.2, 0.25) is 5.91 Å². The van der Waals surface area contributed by atoms with Crippen molar-refractivity contribution >= 4 is 34.4 Å². The largest absolute Gasteiger partial charge is 0.341 e. The summed E-state index contributed by atoms with van der Waals surface area (Å²) in [6.45, 7) is 2.07. The number of imidazole rings is 1. The number of nitrogens with one attached hydrogen (secondary N) is 2. The zero-order valence-electron chi connectivity index (χ0n) is 16.3. The van der Waals surface area contributed by atoms with E-state index in [-0.39, 0.29) is 11.2 Å². The maximum absolute atomic E-state index is 12.6. The number of para-hydroxylation sites is 3. The Kier molecular flexibility index (Phi) is 5.96. The Morgan fingerprint density at radius 3 is 2.55 bits per heavy atom. The van der Waals surface area contributed by atoms with Crippen molar-refractivity contribution in [2.45, 2.75) is 18.6 Å². The molecule has 0 bridgehead atoms. The predicted octanol–water partition coefficient (Wildman–Crippen LogP) is 5.59. The number of hydrogen-bond donors (Lipinski definition) is 2. The summed E-state index contributed by atoms with van der Waals surface area (Å²) in [5.74, 6) is 1.27. The number of carbonyl (C=O) groups is 1. The summed E-state index contributed by atoms with van der Waals surface area (Å²) >= 11 is 1.58. The number of fused-ring (bicyclic) bond motifs is 1. The number of carbonyl (C=O) groups excluding carboxylic acids is 1. The first kappa shape index (κ1) is 19.3. The first-order valence-electron chi connectivity index (χ1n) is 9.67. The maximum Gasteiger partial charge on any atom is 0.234 e. The van der Waals surface area contributed by atoms with Crippen LogP contribution in [0.2, 0.25) is 0 Å². The van der Waals surface area contributed by atoms with Crippen molar-refractivity contribution < 1.29 is 4.79 Å². The van der Waals surface area contributed by atoms with Gasteiger partial charge in [-0.25, -0.2) is 4.98 Å². The van der Waals surface area contributed by atoms with Gasteiger partial charge in [0.05, 0.1) is 22.0 Å². The zero-order valence-corrected chi connectivity index (χ0v) is 17.1. The topological polar surface area (TPSA) is 57.8 Å². The molecule has 0 spiro atoms. The number of benzene rings is 3. The summed E-state index contributed by atoms with van der Waals surface area (Å²) in [6.07, 6.45) is 0.791. The molecule has 0 aliphatic carbocycles. The van der Waals surface area contributed by atoms with E-state index in [4.69, 9.17) is 0 Å². The summed E-state index contributed by atoms with van der Waals surface area (Å²) < 4.78 is 0. The molecule has 1 unspecified atom stereocenters. The highest BCUT2D eigenvalue weighted by atomic mass is 32.2. The van der Waals surface area contributed by atoms with Gasteiger partial charge in [-0.15, -0.1) is 11.8 Å². The van der Waals surface area contributed by atoms with Crippen molar-refractivity contribution in [2.75, 3.05) is 11.1 Å². The van der Waals surface area contributed by atoms with Crippen LogP contribution in [0, 0.1) is 0 Å². The number of anilines is 1. The van der Waals surface area contributed by atoms with Gasteiger partial charge in [-0.1, -0.05) is 60.7 Å². The van der Waals surface area contributed by atoms with Crippen LogP contribution in [0.15, 0.2) is 78.9 Å². The molecule has 0 saturated carbocycles. The molecule has 4 rings (SSSR count). The van der Waals surface area contributed by atoms with Gasteiger partial charge in [-0.05, 0) is 42.7 Å². The molecular formula is C24H23N3OS. The lowest BCUT2D eigenvalue weighted by Crippen LogP contribution is -2.16. The lowest BCUT2D eigenvalue weighted by Gasteiger charge is -2.12. The second-order valence-corrected chi connectivity index (χ2v) is 8.29. The van der Waals surface area contributed by atoms with E-state index >= 15 is 0 Å². The SMILES string of the molecule is CC(SCC(=O)Nc1ccccc1Cc1ccccc1)c1nc2ccccc2[nH]1. The van der Waals surface area contributed by atoms with Crippen LogP contribution in [0.1, 0.15) is 29.1 Å². The second kappa shape index (κ2) is 8.97. The normalized spacial score (nSPS) is 12.0. The highest BCUT2D eigenvalue weighted by molar-refractivity contribution is 8.00. The van der Waals surface area contributed by atoms with Gasteiger partial charge in [0.1, 0.15) is 5.82 Å². The molecule has 1 aromatic heterocycles. The molecule has 0 aliphatic rings. The number of aromatic amines is 1. The fourth-order valence-electron chi connectivity index (χ4n) is 3.24. The molecular weight excluding hydrogens is 378 g/mol. The second-order valence-electron chi connectivity index (χ2n) is 6.96. The van der Waals surface area contributed by atoms with E-state index < -0.39 is 0 Å². The molecule has 0 fully saturated rings. The lowest BCUT2D eigenvalue weighted by atomic mass is 10.0. The van der Waals surface area contributed by atoms with E-state index in [1.807, 2.05) is 60.7 Å². The summed E-state index contributed by atoms with van der Waals surface area (Å²) in [5.41, 5.74) is 5.19. The summed E-state index contributed by atoms with van der Waals surface area (Å²) in [7, 11) is 0. The van der Waals surface area contributed by atoms with Crippen LogP contribution in [0.3, 0.4) is 0 Å². The average molecular weight is 402 g/mol. The van der Waals surface area contributed by atoms with Crippen LogP contribution in [-0.4, -0.2) is 21.6 Å². The molecule has 0 radical (unpaired) electrons. The maximum atomic E-state index is 12.6. The van der Waals surface area contributed by atoms with E-state index in [0.29, 0.717) is 5.75 Å². The zero-order chi connectivity index (χ0) is 20.1. The Bertz CT molecular complexity index is 1070. The fraction of sp³-hybridized carbons (Fsp3) is 0.167. The molecule has 29 heavy (non-hydrogen) atoms. The van der Waals surface area contributed by atoms with Gasteiger partial charge < -0.3 is 10.3 Å². The minimum absolute atomic E-state index is 0.00141. The Balaban J connectivity index is 1.37. The van der Waals surface area contributed by atoms with Gasteiger partial charge in [-0.3, -0.25) is 4.79 Å². The molecule has 5 heteroatoms. The molecule has 4 nitrogen and oxygen atoms in total. The predicted molar refractivity (Wildman–Crippen MR) is 121 cm³/mol. The molecule has 1 heterocycles. The smallest absolute Gasteiger partial charge is 0.234 e. The molecule has 1 atom stereocenters. The number of hydrogen-bond acceptors (Lipinski definition) is 3. The van der Waals surface area contributed by atoms with E-state index in [1.54, 1.807) is 11.8 Å². The average Bonchev–Trinajstić information content (AvgIpc) is 3.19. The van der Waals surface area contributed by atoms with Gasteiger partial charge in [-0.2, -0.15) is 0 Å². The van der Waals surface area contributed by atoms with Gasteiger partial charge in [0, 0.05) is 5.69 Å². The lowest BCUT2D eigenvalue weighted by molar-refractivity contribution is -0.113. The molecule has 0 aliphatic heterocycles. The summed E-state index contributed by atoms with van der Waals surface area (Å²) in [5, 5.41) is 3.18. The van der Waals surface area contributed by atoms with Crippen LogP contribution < -0.4 is 5.32 Å². The Morgan fingerprint density at radius 2 is 1.72 bits per heavy atom. The number of amides is 1. The third-order valence-corrected chi connectivity index (χ3v) is 5.94. The summed E-state index contributed by atoms with van der Waals surface area (Å²) in [6, 6.07) is 26.2. The third-order valence-electron chi connectivity index (χ3n) is 4.79. The molecule has 2 N–H and O–H groups in total. The quantitative estimate of drug-likeness (QED) is 0.425. The first-order chi connectivity index (χ1) is 14.2. The highest BCUT2D eigenvalue weighted by Gasteiger charge is 2.14. The van der Waals surface area contributed by atoms with Crippen molar-refractivity contribution in [3.63, 3.8) is 0 Å². The molecule has 146 valence electrons. The van der Waals surface area contributed by atoms with Crippen LogP contribution in [0.25, 0.3) is 11.0 Å². The van der Waals surface area contributed by atoms with Crippen molar-refractivity contribution in [2.24, 2.45) is 0 Å². The standard InChI is InChI=1S/C24H23N3OS/c1-17(24-26-21-13-7-8-14-22(21)27-24)29-16-23(28)25-20-12-6-5-11-19(20)15-18-9-3-2-4-10-18/h2-14,17H,15-16H2,1H3,(H,25,28)(H,26,27). The molecule has 1 amide bonds. The minimum atomic E-state index is -0.00141. The van der Waals surface area contributed by atoms with Gasteiger partial charge >= 0.3 is 0 Å². The van der Waals surface area contributed by atoms with E-state index in [9.17, 15) is 4.79 Å². The van der Waals surface area contributed by atoms with Crippen LogP contribution in [-0.2, 0) is 11.2 Å². The monoisotopic (exact) mass is 401 g/mol. The summed E-state index contributed by atoms with van der Waals surface area (Å²) in [4.78, 5) is 20.5. The van der Waals surface area contributed by atoms with E-state index in [1.165, 1.54) is 5.56 Å². The van der Waals surface area contributed by atoms with Crippen molar-refractivity contribution in [1.82, 2.24) is 9.97 Å². The minimum Gasteiger partial charge on any atom is -0.341 e. The van der Waals surface area contributed by atoms with Gasteiger partial charge in [0.25, 0.3) is 0 Å². The van der Waals surface area contributed by atoms with Crippen LogP contribution >= 0.6 is 11.8 Å². The highest BCUT2D eigenvalue weighted by Crippen LogP contribution is 2.28. The van der Waals surface area contributed by atoms with Crippen molar-refractivity contribution in [3.05, 3.63) is 95.8 Å². The number of rotatable bonds is 7. The Morgan fingerprint density at radius 1 is 1.00 bits per heavy atom. The first-order valence-corrected chi connectivity index (χ1v) is 10.7. The fourth-order valence-corrected chi connectivity index (χ4v) is 3.99. The third kappa shape index (κ3) is 4.87. The number of nitrogens with zero attached hydrogens (tertiary/aromatic N) is 1. The number of thioether (sulfide) groups is 1. The Labute approximate surface area is 174 Å². The molecule has 0 saturated heterocycles. The van der Waals surface area contributed by atoms with Crippen molar-refractivity contribution in [1.29, 1.82) is 0 Å². The van der Waals surface area contributed by atoms with Crippen molar-refractivity contribution in [3.8, 4) is 0 Å². The van der Waals surface area contributed by atoms with Gasteiger partial charge in [0.15, 0.2) is 0 Å². The van der Waals surface area contributed by atoms with E-state index in [0.717, 1.165) is 34.5 Å². The van der Waals surface area contributed by atoms with Crippen LogP contribution in [0.5, 0.6) is 0 Å². The number of H-pyrrole nitrogens is 1. The number of aromatic nitrogens is 2. The molecule has 4 aromatic rings. The molecule has 3 aromatic carbocycles. The Hall–Kier alpha value is -3.05. The van der Waals surface area contributed by atoms with E-state index in [2.05, 4.69) is 40.4 Å².